The molecule has 2 heterocycles. The van der Waals surface area contributed by atoms with Crippen LogP contribution in [0.4, 0.5) is 0 Å². The van der Waals surface area contributed by atoms with E-state index in [0.717, 1.165) is 36.7 Å². The van der Waals surface area contributed by atoms with E-state index in [-0.39, 0.29) is 0 Å². The quantitative estimate of drug-likeness (QED) is 0.922. The third kappa shape index (κ3) is 3.25. The molecule has 0 saturated heterocycles. The molecule has 0 atom stereocenters. The van der Waals surface area contributed by atoms with Crippen LogP contribution in [0.3, 0.4) is 0 Å². The molecule has 1 N–H and O–H groups in total. The Labute approximate surface area is 131 Å². The minimum atomic E-state index is 0.630. The minimum Gasteiger partial charge on any atom is -0.486 e. The van der Waals surface area contributed by atoms with Crippen molar-refractivity contribution in [1.82, 2.24) is 15.1 Å². The first-order valence-electron chi connectivity index (χ1n) is 7.71. The van der Waals surface area contributed by atoms with Gasteiger partial charge in [-0.05, 0) is 50.6 Å². The first kappa shape index (κ1) is 14.9. The fourth-order valence-electron chi connectivity index (χ4n) is 2.82. The van der Waals surface area contributed by atoms with E-state index in [0.29, 0.717) is 13.2 Å². The summed E-state index contributed by atoms with van der Waals surface area (Å²) in [5.74, 6) is 1.71. The fourth-order valence-corrected chi connectivity index (χ4v) is 2.82. The molecular formula is C17H23N3O2. The van der Waals surface area contributed by atoms with Crippen molar-refractivity contribution in [2.75, 3.05) is 26.8 Å². The van der Waals surface area contributed by atoms with Gasteiger partial charge < -0.3 is 14.4 Å². The molecule has 1 aromatic heterocycles. The number of aromatic nitrogens is 2. The summed E-state index contributed by atoms with van der Waals surface area (Å²) in [6, 6.07) is 6.19. The maximum atomic E-state index is 5.64. The van der Waals surface area contributed by atoms with E-state index in [9.17, 15) is 0 Å². The summed E-state index contributed by atoms with van der Waals surface area (Å²) < 4.78 is 11.2. The Morgan fingerprint density at radius 2 is 1.95 bits per heavy atom. The number of nitrogens with zero attached hydrogens (tertiary/aromatic N) is 2. The zero-order chi connectivity index (χ0) is 15.5. The second-order valence-electron chi connectivity index (χ2n) is 5.88. The average molecular weight is 301 g/mol. The number of ether oxygens (including phenoxy) is 2. The molecule has 0 fully saturated rings. The van der Waals surface area contributed by atoms with Crippen molar-refractivity contribution in [3.8, 4) is 11.5 Å². The standard InChI is InChI=1S/C17H23N3O2/c1-12-15(13(2)19-18-12)6-7-20(3)11-14-4-5-16-17(10-14)22-9-8-21-16/h4-5,10H,6-9,11H2,1-3H3,(H,18,19). The molecule has 118 valence electrons. The summed E-state index contributed by atoms with van der Waals surface area (Å²) in [6.07, 6.45) is 1.01. The molecule has 5 nitrogen and oxygen atoms in total. The molecule has 1 aliphatic heterocycles. The van der Waals surface area contributed by atoms with Crippen LogP contribution in [0.5, 0.6) is 11.5 Å². The van der Waals surface area contributed by atoms with Crippen molar-refractivity contribution >= 4 is 0 Å². The van der Waals surface area contributed by atoms with E-state index < -0.39 is 0 Å². The van der Waals surface area contributed by atoms with Crippen molar-refractivity contribution in [2.24, 2.45) is 0 Å². The molecule has 5 heteroatoms. The predicted octanol–water partition coefficient (Wildman–Crippen LogP) is 2.47. The van der Waals surface area contributed by atoms with E-state index in [1.165, 1.54) is 16.8 Å². The lowest BCUT2D eigenvalue weighted by Gasteiger charge is -2.21. The molecule has 0 radical (unpaired) electrons. The second kappa shape index (κ2) is 6.40. The number of likely N-dealkylation sites (N-methyl/N-ethyl adjacent to an activating group) is 1. The highest BCUT2D eigenvalue weighted by Crippen LogP contribution is 2.31. The van der Waals surface area contributed by atoms with Crippen LogP contribution in [0.15, 0.2) is 18.2 Å². The van der Waals surface area contributed by atoms with Crippen LogP contribution in [0, 0.1) is 13.8 Å². The fraction of sp³-hybridized carbons (Fsp3) is 0.471. The van der Waals surface area contributed by atoms with Crippen molar-refractivity contribution in [3.05, 3.63) is 40.7 Å². The highest BCUT2D eigenvalue weighted by atomic mass is 16.6. The lowest BCUT2D eigenvalue weighted by atomic mass is 10.1. The molecular weight excluding hydrogens is 278 g/mol. The predicted molar refractivity (Wildman–Crippen MR) is 85.5 cm³/mol. The molecule has 0 saturated carbocycles. The Balaban J connectivity index is 1.58. The molecule has 1 aliphatic rings. The zero-order valence-corrected chi connectivity index (χ0v) is 13.5. The molecule has 0 bridgehead atoms. The Morgan fingerprint density at radius 3 is 2.68 bits per heavy atom. The number of hydrogen-bond donors (Lipinski definition) is 1. The van der Waals surface area contributed by atoms with Gasteiger partial charge in [-0.1, -0.05) is 6.07 Å². The maximum absolute atomic E-state index is 5.64. The van der Waals surface area contributed by atoms with E-state index >= 15 is 0 Å². The number of nitrogens with one attached hydrogen (secondary N) is 1. The van der Waals surface area contributed by atoms with Gasteiger partial charge >= 0.3 is 0 Å². The van der Waals surface area contributed by atoms with Crippen molar-refractivity contribution in [1.29, 1.82) is 0 Å². The van der Waals surface area contributed by atoms with Gasteiger partial charge in [0.15, 0.2) is 11.5 Å². The number of aromatic amines is 1. The summed E-state index contributed by atoms with van der Waals surface area (Å²) in [5.41, 5.74) is 4.84. The second-order valence-corrected chi connectivity index (χ2v) is 5.88. The summed E-state index contributed by atoms with van der Waals surface area (Å²) in [4.78, 5) is 2.32. The lowest BCUT2D eigenvalue weighted by molar-refractivity contribution is 0.171. The molecule has 3 rings (SSSR count). The van der Waals surface area contributed by atoms with Gasteiger partial charge in [0, 0.05) is 18.8 Å². The third-order valence-corrected chi connectivity index (χ3v) is 4.08. The molecule has 2 aromatic rings. The first-order chi connectivity index (χ1) is 10.6. The molecule has 22 heavy (non-hydrogen) atoms. The molecule has 0 unspecified atom stereocenters. The number of fused-ring (bicyclic) bond motifs is 1. The van der Waals surface area contributed by atoms with Gasteiger partial charge in [-0.2, -0.15) is 5.10 Å². The van der Waals surface area contributed by atoms with Crippen LogP contribution in [0.1, 0.15) is 22.5 Å². The van der Waals surface area contributed by atoms with Gasteiger partial charge in [-0.3, -0.25) is 5.10 Å². The van der Waals surface area contributed by atoms with Crippen LogP contribution in [-0.4, -0.2) is 41.9 Å². The van der Waals surface area contributed by atoms with Crippen LogP contribution in [0.2, 0.25) is 0 Å². The Morgan fingerprint density at radius 1 is 1.18 bits per heavy atom. The zero-order valence-electron chi connectivity index (χ0n) is 13.5. The molecule has 0 spiro atoms. The maximum Gasteiger partial charge on any atom is 0.161 e. The Kier molecular flexibility index (Phi) is 4.34. The third-order valence-electron chi connectivity index (χ3n) is 4.08. The van der Waals surface area contributed by atoms with Crippen LogP contribution >= 0.6 is 0 Å². The Bertz CT molecular complexity index is 632. The van der Waals surface area contributed by atoms with Crippen molar-refractivity contribution in [3.63, 3.8) is 0 Å². The number of aryl methyl sites for hydroxylation is 2. The molecule has 1 aromatic carbocycles. The van der Waals surface area contributed by atoms with Crippen LogP contribution in [-0.2, 0) is 13.0 Å². The van der Waals surface area contributed by atoms with Gasteiger partial charge in [0.2, 0.25) is 0 Å². The minimum absolute atomic E-state index is 0.630. The van der Waals surface area contributed by atoms with Crippen LogP contribution in [0.25, 0.3) is 0 Å². The summed E-state index contributed by atoms with van der Waals surface area (Å²) >= 11 is 0. The van der Waals surface area contributed by atoms with Crippen LogP contribution < -0.4 is 9.47 Å². The first-order valence-corrected chi connectivity index (χ1v) is 7.71. The topological polar surface area (TPSA) is 50.4 Å². The average Bonchev–Trinajstić information content (AvgIpc) is 2.84. The lowest BCUT2D eigenvalue weighted by Crippen LogP contribution is -2.21. The number of rotatable bonds is 5. The van der Waals surface area contributed by atoms with Gasteiger partial charge in [-0.15, -0.1) is 0 Å². The SMILES string of the molecule is Cc1n[nH]c(C)c1CCN(C)Cc1ccc2c(c1)OCCO2. The van der Waals surface area contributed by atoms with Crippen molar-refractivity contribution in [2.45, 2.75) is 26.8 Å². The van der Waals surface area contributed by atoms with Gasteiger partial charge in [0.1, 0.15) is 13.2 Å². The number of hydrogen-bond acceptors (Lipinski definition) is 4. The summed E-state index contributed by atoms with van der Waals surface area (Å²) in [6.45, 7) is 7.29. The smallest absolute Gasteiger partial charge is 0.161 e. The van der Waals surface area contributed by atoms with Gasteiger partial charge in [0.25, 0.3) is 0 Å². The van der Waals surface area contributed by atoms with E-state index in [1.54, 1.807) is 0 Å². The van der Waals surface area contributed by atoms with Gasteiger partial charge in [-0.25, -0.2) is 0 Å². The van der Waals surface area contributed by atoms with Gasteiger partial charge in [0.05, 0.1) is 5.69 Å². The van der Waals surface area contributed by atoms with Crippen molar-refractivity contribution < 1.29 is 9.47 Å². The largest absolute Gasteiger partial charge is 0.486 e. The Hall–Kier alpha value is -2.01. The normalized spacial score (nSPS) is 13.6. The summed E-state index contributed by atoms with van der Waals surface area (Å²) in [7, 11) is 2.14. The summed E-state index contributed by atoms with van der Waals surface area (Å²) in [5, 5.41) is 7.30. The number of benzene rings is 1. The number of H-pyrrole nitrogens is 1. The molecule has 0 amide bonds. The highest BCUT2D eigenvalue weighted by Gasteiger charge is 2.13. The highest BCUT2D eigenvalue weighted by molar-refractivity contribution is 5.43. The monoisotopic (exact) mass is 301 g/mol. The van der Waals surface area contributed by atoms with E-state index in [1.807, 2.05) is 6.07 Å². The van der Waals surface area contributed by atoms with E-state index in [4.69, 9.17) is 9.47 Å². The van der Waals surface area contributed by atoms with E-state index in [2.05, 4.69) is 48.1 Å². The molecule has 0 aliphatic carbocycles.